The number of nitrogens with zero attached hydrogens (tertiary/aromatic N) is 1. The van der Waals surface area contributed by atoms with Gasteiger partial charge in [-0.3, -0.25) is 0 Å². The van der Waals surface area contributed by atoms with Crippen molar-refractivity contribution in [1.82, 2.24) is 4.98 Å². The van der Waals surface area contributed by atoms with Gasteiger partial charge in [0.25, 0.3) is 0 Å². The molecular formula is C13H13F3N2. The van der Waals surface area contributed by atoms with Crippen LogP contribution < -0.4 is 5.73 Å². The highest BCUT2D eigenvalue weighted by molar-refractivity contribution is 5.79. The van der Waals surface area contributed by atoms with Gasteiger partial charge in [-0.1, -0.05) is 13.0 Å². The van der Waals surface area contributed by atoms with E-state index in [-0.39, 0.29) is 16.8 Å². The molecule has 96 valence electrons. The van der Waals surface area contributed by atoms with E-state index >= 15 is 0 Å². The second-order valence-electron chi connectivity index (χ2n) is 4.41. The minimum absolute atomic E-state index is 0.143. The molecule has 0 aliphatic heterocycles. The van der Waals surface area contributed by atoms with E-state index in [1.807, 2.05) is 6.92 Å². The molecule has 0 spiro atoms. The van der Waals surface area contributed by atoms with Crippen molar-refractivity contribution in [3.05, 3.63) is 41.3 Å². The summed E-state index contributed by atoms with van der Waals surface area (Å²) in [7, 11) is 0. The summed E-state index contributed by atoms with van der Waals surface area (Å²) < 4.78 is 39.7. The Morgan fingerprint density at radius 1 is 1.22 bits per heavy atom. The number of hydrogen-bond donors (Lipinski definition) is 1. The smallest absolute Gasteiger partial charge is 0.196 e. The van der Waals surface area contributed by atoms with Crippen molar-refractivity contribution in [3.63, 3.8) is 0 Å². The van der Waals surface area contributed by atoms with Gasteiger partial charge in [0, 0.05) is 11.1 Å². The maximum Gasteiger partial charge on any atom is 0.196 e. The average molecular weight is 254 g/mol. The molecule has 0 saturated heterocycles. The first-order chi connectivity index (χ1) is 8.52. The quantitative estimate of drug-likeness (QED) is 0.855. The maximum absolute atomic E-state index is 13.6. The molecule has 2 N–H and O–H groups in total. The first-order valence-electron chi connectivity index (χ1n) is 5.66. The Bertz CT molecular complexity index is 584. The second kappa shape index (κ2) is 4.94. The number of hydrogen-bond acceptors (Lipinski definition) is 2. The molecule has 18 heavy (non-hydrogen) atoms. The molecule has 2 nitrogen and oxygen atoms in total. The van der Waals surface area contributed by atoms with Crippen molar-refractivity contribution in [3.8, 4) is 0 Å². The fraction of sp³-hybridized carbons (Fsp3) is 0.308. The summed E-state index contributed by atoms with van der Waals surface area (Å²) in [5.74, 6) is -3.74. The zero-order chi connectivity index (χ0) is 13.3. The van der Waals surface area contributed by atoms with Crippen LogP contribution in [0, 0.1) is 23.4 Å². The Labute approximate surface area is 103 Å². The molecule has 0 bridgehead atoms. The Hall–Kier alpha value is -1.62. The highest BCUT2D eigenvalue weighted by atomic mass is 19.2. The predicted molar refractivity (Wildman–Crippen MR) is 63.5 cm³/mol. The van der Waals surface area contributed by atoms with Crippen LogP contribution in [0.25, 0.3) is 10.9 Å². The van der Waals surface area contributed by atoms with Crippen LogP contribution in [-0.4, -0.2) is 11.5 Å². The van der Waals surface area contributed by atoms with Gasteiger partial charge in [-0.05, 0) is 31.0 Å². The van der Waals surface area contributed by atoms with Crippen LogP contribution >= 0.6 is 0 Å². The predicted octanol–water partition coefficient (Wildman–Crippen LogP) is 2.79. The lowest BCUT2D eigenvalue weighted by molar-refractivity contribution is 0.452. The van der Waals surface area contributed by atoms with Gasteiger partial charge in [0.05, 0.1) is 0 Å². The van der Waals surface area contributed by atoms with Gasteiger partial charge < -0.3 is 5.73 Å². The van der Waals surface area contributed by atoms with Gasteiger partial charge in [0.2, 0.25) is 0 Å². The zero-order valence-electron chi connectivity index (χ0n) is 9.88. The van der Waals surface area contributed by atoms with Crippen molar-refractivity contribution >= 4 is 10.9 Å². The Morgan fingerprint density at radius 2 is 1.94 bits per heavy atom. The van der Waals surface area contributed by atoms with Crippen molar-refractivity contribution in [2.45, 2.75) is 13.3 Å². The fourth-order valence-corrected chi connectivity index (χ4v) is 1.77. The van der Waals surface area contributed by atoms with Crippen molar-refractivity contribution in [2.75, 3.05) is 6.54 Å². The van der Waals surface area contributed by atoms with Crippen LogP contribution in [0.15, 0.2) is 18.2 Å². The lowest BCUT2D eigenvalue weighted by atomic mass is 10.0. The first kappa shape index (κ1) is 12.8. The third-order valence-corrected chi connectivity index (χ3v) is 2.84. The van der Waals surface area contributed by atoms with E-state index in [0.29, 0.717) is 18.7 Å². The summed E-state index contributed by atoms with van der Waals surface area (Å²) in [5.41, 5.74) is 5.97. The van der Waals surface area contributed by atoms with Crippen molar-refractivity contribution in [1.29, 1.82) is 0 Å². The van der Waals surface area contributed by atoms with E-state index in [4.69, 9.17) is 5.73 Å². The lowest BCUT2D eigenvalue weighted by Gasteiger charge is -2.09. The second-order valence-corrected chi connectivity index (χ2v) is 4.41. The highest BCUT2D eigenvalue weighted by Crippen LogP contribution is 2.22. The number of pyridine rings is 1. The van der Waals surface area contributed by atoms with Gasteiger partial charge >= 0.3 is 0 Å². The Kier molecular flexibility index (Phi) is 3.52. The van der Waals surface area contributed by atoms with Gasteiger partial charge in [-0.15, -0.1) is 0 Å². The highest BCUT2D eigenvalue weighted by Gasteiger charge is 2.15. The minimum atomic E-state index is -1.49. The van der Waals surface area contributed by atoms with Crippen LogP contribution in [0.5, 0.6) is 0 Å². The van der Waals surface area contributed by atoms with E-state index in [1.54, 1.807) is 6.07 Å². The van der Waals surface area contributed by atoms with E-state index < -0.39 is 17.5 Å². The van der Waals surface area contributed by atoms with E-state index in [0.717, 1.165) is 6.07 Å². The molecule has 0 radical (unpaired) electrons. The molecule has 1 heterocycles. The van der Waals surface area contributed by atoms with Crippen LogP contribution in [0.1, 0.15) is 12.6 Å². The van der Waals surface area contributed by atoms with E-state index in [9.17, 15) is 13.2 Å². The molecule has 0 fully saturated rings. The molecule has 1 aromatic heterocycles. The molecule has 0 amide bonds. The van der Waals surface area contributed by atoms with E-state index in [1.165, 1.54) is 6.07 Å². The largest absolute Gasteiger partial charge is 0.330 e. The number of rotatable bonds is 3. The summed E-state index contributed by atoms with van der Waals surface area (Å²) in [4.78, 5) is 4.03. The molecule has 0 aliphatic rings. The number of fused-ring (bicyclic) bond motifs is 1. The summed E-state index contributed by atoms with van der Waals surface area (Å²) in [6.07, 6.45) is 0.574. The first-order valence-corrected chi connectivity index (χ1v) is 5.66. The SMILES string of the molecule is CC(CN)Cc1ccc2cc(F)c(F)c(F)c2n1. The summed E-state index contributed by atoms with van der Waals surface area (Å²) in [5, 5.41) is 0.246. The van der Waals surface area contributed by atoms with Crippen molar-refractivity contribution < 1.29 is 13.2 Å². The molecule has 0 aliphatic carbocycles. The average Bonchev–Trinajstić information content (AvgIpc) is 2.37. The van der Waals surface area contributed by atoms with Gasteiger partial charge in [0.15, 0.2) is 17.5 Å². The monoisotopic (exact) mass is 254 g/mol. The fourth-order valence-electron chi connectivity index (χ4n) is 1.77. The number of benzene rings is 1. The third kappa shape index (κ3) is 2.31. The van der Waals surface area contributed by atoms with Crippen LogP contribution in [0.2, 0.25) is 0 Å². The van der Waals surface area contributed by atoms with Gasteiger partial charge in [-0.2, -0.15) is 0 Å². The molecular weight excluding hydrogens is 241 g/mol. The third-order valence-electron chi connectivity index (χ3n) is 2.84. The molecule has 2 rings (SSSR count). The molecule has 1 aromatic carbocycles. The number of aromatic nitrogens is 1. The Morgan fingerprint density at radius 3 is 2.61 bits per heavy atom. The van der Waals surface area contributed by atoms with Crippen LogP contribution in [-0.2, 0) is 6.42 Å². The Balaban J connectivity index is 2.51. The lowest BCUT2D eigenvalue weighted by Crippen LogP contribution is -2.13. The number of halogens is 3. The minimum Gasteiger partial charge on any atom is -0.330 e. The van der Waals surface area contributed by atoms with Crippen molar-refractivity contribution in [2.24, 2.45) is 11.7 Å². The standard InChI is InChI=1S/C13H13F3N2/c1-7(6-17)4-9-3-2-8-5-10(14)11(15)12(16)13(8)18-9/h2-3,5,7H,4,6,17H2,1H3. The van der Waals surface area contributed by atoms with Crippen LogP contribution in [0.3, 0.4) is 0 Å². The maximum atomic E-state index is 13.6. The molecule has 5 heteroatoms. The molecule has 1 atom stereocenters. The van der Waals surface area contributed by atoms with Crippen LogP contribution in [0.4, 0.5) is 13.2 Å². The zero-order valence-corrected chi connectivity index (χ0v) is 9.88. The summed E-state index contributed by atoms with van der Waals surface area (Å²) >= 11 is 0. The topological polar surface area (TPSA) is 38.9 Å². The van der Waals surface area contributed by atoms with E-state index in [2.05, 4.69) is 4.98 Å². The van der Waals surface area contributed by atoms with Gasteiger partial charge in [0.1, 0.15) is 5.52 Å². The number of nitrogens with two attached hydrogens (primary N) is 1. The molecule has 2 aromatic rings. The molecule has 0 saturated carbocycles. The van der Waals surface area contributed by atoms with Gasteiger partial charge in [-0.25, -0.2) is 18.2 Å². The summed E-state index contributed by atoms with van der Waals surface area (Å²) in [6, 6.07) is 4.15. The normalized spacial score (nSPS) is 12.9. The molecule has 1 unspecified atom stereocenters. The summed E-state index contributed by atoms with van der Waals surface area (Å²) in [6.45, 7) is 2.42.